The van der Waals surface area contributed by atoms with Gasteiger partial charge in [-0.3, -0.25) is 9.78 Å². The van der Waals surface area contributed by atoms with E-state index in [2.05, 4.69) is 9.97 Å². The highest BCUT2D eigenvalue weighted by Gasteiger charge is 2.04. The van der Waals surface area contributed by atoms with Gasteiger partial charge in [-0.1, -0.05) is 0 Å². The van der Waals surface area contributed by atoms with Gasteiger partial charge in [0, 0.05) is 13.2 Å². The Bertz CT molecular complexity index is 433. The van der Waals surface area contributed by atoms with Gasteiger partial charge in [0.05, 0.1) is 23.6 Å². The summed E-state index contributed by atoms with van der Waals surface area (Å²) in [6, 6.07) is 0. The molecule has 60 valence electrons. The average molecular weight is 161 g/mol. The van der Waals surface area contributed by atoms with Crippen molar-refractivity contribution in [2.24, 2.45) is 7.05 Å². The molecular weight excluding hydrogens is 154 g/mol. The van der Waals surface area contributed by atoms with Gasteiger partial charge in [-0.2, -0.15) is 0 Å². The Balaban J connectivity index is 2.93. The molecule has 12 heavy (non-hydrogen) atoms. The van der Waals surface area contributed by atoms with E-state index < -0.39 is 0 Å². The molecule has 0 spiro atoms. The molecule has 0 aliphatic rings. The number of aromatic nitrogens is 3. The van der Waals surface area contributed by atoms with Gasteiger partial charge in [0.15, 0.2) is 6.29 Å². The first-order valence-corrected chi connectivity index (χ1v) is 3.53. The minimum Gasteiger partial charge on any atom is -0.333 e. The summed E-state index contributed by atoms with van der Waals surface area (Å²) in [5, 5.41) is 0. The average Bonchev–Trinajstić information content (AvgIpc) is 2.48. The lowest BCUT2D eigenvalue weighted by molar-refractivity contribution is 0.112. The van der Waals surface area contributed by atoms with Crippen LogP contribution in [-0.4, -0.2) is 20.8 Å². The molecule has 0 saturated heterocycles. The third-order valence-electron chi connectivity index (χ3n) is 1.78. The lowest BCUT2D eigenvalue weighted by atomic mass is 10.2. The number of fused-ring (bicyclic) bond motifs is 1. The van der Waals surface area contributed by atoms with Gasteiger partial charge in [-0.05, 0) is 0 Å². The van der Waals surface area contributed by atoms with Crippen LogP contribution < -0.4 is 0 Å². The largest absolute Gasteiger partial charge is 0.333 e. The van der Waals surface area contributed by atoms with Crippen LogP contribution in [0.1, 0.15) is 10.4 Å². The Morgan fingerprint density at radius 2 is 2.33 bits per heavy atom. The summed E-state index contributed by atoms with van der Waals surface area (Å²) in [7, 11) is 1.85. The molecule has 0 atom stereocenters. The highest BCUT2D eigenvalue weighted by Crippen LogP contribution is 2.12. The minimum atomic E-state index is 0.576. The first-order valence-electron chi connectivity index (χ1n) is 3.53. The Hall–Kier alpha value is -1.71. The Morgan fingerprint density at radius 1 is 1.50 bits per heavy atom. The monoisotopic (exact) mass is 161 g/mol. The molecule has 0 N–H and O–H groups in total. The van der Waals surface area contributed by atoms with E-state index in [0.717, 1.165) is 17.3 Å². The van der Waals surface area contributed by atoms with Crippen LogP contribution in [0.15, 0.2) is 18.7 Å². The molecule has 0 aliphatic heterocycles. The first kappa shape index (κ1) is 6.97. The van der Waals surface area contributed by atoms with E-state index in [4.69, 9.17) is 0 Å². The number of pyridine rings is 1. The lowest BCUT2D eigenvalue weighted by Crippen LogP contribution is -1.91. The van der Waals surface area contributed by atoms with Crippen LogP contribution in [-0.2, 0) is 7.05 Å². The maximum atomic E-state index is 10.6. The number of hydrogen-bond donors (Lipinski definition) is 0. The summed E-state index contributed by atoms with van der Waals surface area (Å²) in [5.74, 6) is 0. The molecule has 0 radical (unpaired) electrons. The fourth-order valence-electron chi connectivity index (χ4n) is 1.23. The van der Waals surface area contributed by atoms with Crippen molar-refractivity contribution in [3.05, 3.63) is 24.3 Å². The molecule has 0 aromatic carbocycles. The van der Waals surface area contributed by atoms with Crippen molar-refractivity contribution in [2.45, 2.75) is 0 Å². The van der Waals surface area contributed by atoms with Crippen LogP contribution in [0.4, 0.5) is 0 Å². The fourth-order valence-corrected chi connectivity index (χ4v) is 1.23. The van der Waals surface area contributed by atoms with E-state index in [-0.39, 0.29) is 0 Å². The Morgan fingerprint density at radius 3 is 3.08 bits per heavy atom. The van der Waals surface area contributed by atoms with E-state index in [0.29, 0.717) is 5.56 Å². The van der Waals surface area contributed by atoms with Crippen LogP contribution in [0, 0.1) is 0 Å². The number of carbonyl (C=O) groups is 1. The quantitative estimate of drug-likeness (QED) is 0.580. The zero-order chi connectivity index (χ0) is 8.55. The summed E-state index contributed by atoms with van der Waals surface area (Å²) in [4.78, 5) is 18.5. The van der Waals surface area contributed by atoms with Gasteiger partial charge in [0.25, 0.3) is 0 Å². The third-order valence-corrected chi connectivity index (χ3v) is 1.78. The topological polar surface area (TPSA) is 47.8 Å². The smallest absolute Gasteiger partial charge is 0.153 e. The van der Waals surface area contributed by atoms with E-state index in [1.807, 2.05) is 7.05 Å². The molecule has 2 rings (SSSR count). The van der Waals surface area contributed by atoms with Gasteiger partial charge in [-0.25, -0.2) is 4.98 Å². The molecular formula is C8H7N3O. The number of hydrogen-bond acceptors (Lipinski definition) is 3. The maximum absolute atomic E-state index is 10.6. The number of imidazole rings is 1. The van der Waals surface area contributed by atoms with Crippen LogP contribution in [0.25, 0.3) is 11.0 Å². The second kappa shape index (κ2) is 2.41. The van der Waals surface area contributed by atoms with Crippen molar-refractivity contribution in [1.29, 1.82) is 0 Å². The normalized spacial score (nSPS) is 10.4. The summed E-state index contributed by atoms with van der Waals surface area (Å²) in [5.41, 5.74) is 2.16. The molecule has 4 nitrogen and oxygen atoms in total. The van der Waals surface area contributed by atoms with Gasteiger partial charge < -0.3 is 4.57 Å². The molecule has 2 aromatic heterocycles. The molecule has 2 aromatic rings. The zero-order valence-electron chi connectivity index (χ0n) is 6.56. The van der Waals surface area contributed by atoms with Crippen molar-refractivity contribution in [2.75, 3.05) is 0 Å². The van der Waals surface area contributed by atoms with Crippen molar-refractivity contribution in [1.82, 2.24) is 14.5 Å². The summed E-state index contributed by atoms with van der Waals surface area (Å²) in [6.45, 7) is 0. The maximum Gasteiger partial charge on any atom is 0.153 e. The van der Waals surface area contributed by atoms with Crippen LogP contribution in [0.3, 0.4) is 0 Å². The predicted molar refractivity (Wildman–Crippen MR) is 43.9 cm³/mol. The van der Waals surface area contributed by atoms with Crippen LogP contribution in [0.2, 0.25) is 0 Å². The number of carbonyl (C=O) groups excluding carboxylic acids is 1. The van der Waals surface area contributed by atoms with Gasteiger partial charge in [-0.15, -0.1) is 0 Å². The van der Waals surface area contributed by atoms with E-state index >= 15 is 0 Å². The molecule has 4 heteroatoms. The fraction of sp³-hybridized carbons (Fsp3) is 0.125. The van der Waals surface area contributed by atoms with Crippen molar-refractivity contribution < 1.29 is 4.79 Å². The molecule has 0 aliphatic carbocycles. The lowest BCUT2D eigenvalue weighted by Gasteiger charge is -1.95. The van der Waals surface area contributed by atoms with Gasteiger partial charge in [0.1, 0.15) is 5.52 Å². The minimum absolute atomic E-state index is 0.576. The summed E-state index contributed by atoms with van der Waals surface area (Å²) < 4.78 is 1.81. The molecule has 0 fully saturated rings. The van der Waals surface area contributed by atoms with Gasteiger partial charge >= 0.3 is 0 Å². The van der Waals surface area contributed by atoms with E-state index in [1.54, 1.807) is 17.1 Å². The summed E-state index contributed by atoms with van der Waals surface area (Å²) >= 11 is 0. The number of nitrogens with zero attached hydrogens (tertiary/aromatic N) is 3. The zero-order valence-corrected chi connectivity index (χ0v) is 6.56. The molecule has 0 bridgehead atoms. The highest BCUT2D eigenvalue weighted by atomic mass is 16.1. The predicted octanol–water partition coefficient (Wildman–Crippen LogP) is 0.781. The third kappa shape index (κ3) is 0.812. The van der Waals surface area contributed by atoms with Crippen molar-refractivity contribution in [3.8, 4) is 0 Å². The van der Waals surface area contributed by atoms with Crippen LogP contribution in [0.5, 0.6) is 0 Å². The number of rotatable bonds is 1. The van der Waals surface area contributed by atoms with Crippen molar-refractivity contribution >= 4 is 17.3 Å². The summed E-state index contributed by atoms with van der Waals surface area (Å²) in [6.07, 6.45) is 5.63. The van der Waals surface area contributed by atoms with E-state index in [1.165, 1.54) is 6.20 Å². The second-order valence-electron chi connectivity index (χ2n) is 2.57. The molecule has 0 saturated carbocycles. The van der Waals surface area contributed by atoms with Gasteiger partial charge in [0.2, 0.25) is 0 Å². The van der Waals surface area contributed by atoms with Crippen LogP contribution >= 0.6 is 0 Å². The number of aldehydes is 1. The van der Waals surface area contributed by atoms with E-state index in [9.17, 15) is 4.79 Å². The SMILES string of the molecule is Cn1cnc2cncc(C=O)c21. The number of aryl methyl sites for hydroxylation is 1. The highest BCUT2D eigenvalue weighted by molar-refractivity contribution is 5.93. The molecule has 0 unspecified atom stereocenters. The second-order valence-corrected chi connectivity index (χ2v) is 2.57. The van der Waals surface area contributed by atoms with Crippen molar-refractivity contribution in [3.63, 3.8) is 0 Å². The standard InChI is InChI=1S/C8H7N3O/c1-11-5-10-7-3-9-2-6(4-12)8(7)11/h2-5H,1H3. The molecule has 2 heterocycles. The Labute approximate surface area is 68.9 Å². The Kier molecular flexibility index (Phi) is 1.40. The first-order chi connectivity index (χ1) is 5.83. The molecule has 0 amide bonds.